The molecule has 0 atom stereocenters. The molecule has 1 radical (unpaired) electrons. The summed E-state index contributed by atoms with van der Waals surface area (Å²) in [4.78, 5) is 0. The Hall–Kier alpha value is -0.990. The van der Waals surface area contributed by atoms with Crippen LogP contribution in [0.3, 0.4) is 0 Å². The third-order valence-corrected chi connectivity index (χ3v) is 1.59. The Balaban J connectivity index is 3.14. The number of alkyl halides is 3. The summed E-state index contributed by atoms with van der Waals surface area (Å²) in [5, 5.41) is 0. The SMILES string of the molecule is [CH2]Cc1ccccc1C(F)(F)F. The quantitative estimate of drug-likeness (QED) is 0.612. The fourth-order valence-corrected chi connectivity index (χ4v) is 1.01. The van der Waals surface area contributed by atoms with Crippen LogP contribution in [0.15, 0.2) is 24.3 Å². The van der Waals surface area contributed by atoms with Gasteiger partial charge >= 0.3 is 6.18 Å². The highest BCUT2D eigenvalue weighted by Gasteiger charge is 2.32. The second-order valence-corrected chi connectivity index (χ2v) is 2.40. The second kappa shape index (κ2) is 3.17. The molecular formula is C9H8F3. The summed E-state index contributed by atoms with van der Waals surface area (Å²) in [6.45, 7) is 3.43. The first-order valence-electron chi connectivity index (χ1n) is 3.50. The Kier molecular flexibility index (Phi) is 2.40. The van der Waals surface area contributed by atoms with Crippen LogP contribution in [-0.4, -0.2) is 0 Å². The zero-order valence-electron chi connectivity index (χ0n) is 6.36. The number of hydrogen-bond acceptors (Lipinski definition) is 0. The number of halogens is 3. The van der Waals surface area contributed by atoms with Gasteiger partial charge in [-0.15, -0.1) is 0 Å². The van der Waals surface area contributed by atoms with Crippen LogP contribution in [0.4, 0.5) is 13.2 Å². The molecule has 3 heteroatoms. The van der Waals surface area contributed by atoms with Crippen LogP contribution >= 0.6 is 0 Å². The molecule has 0 N–H and O–H groups in total. The Morgan fingerprint density at radius 1 is 1.17 bits per heavy atom. The van der Waals surface area contributed by atoms with Gasteiger partial charge in [0.15, 0.2) is 0 Å². The highest BCUT2D eigenvalue weighted by atomic mass is 19.4. The van der Waals surface area contributed by atoms with Crippen LogP contribution in [0.2, 0.25) is 0 Å². The minimum atomic E-state index is -4.26. The second-order valence-electron chi connectivity index (χ2n) is 2.40. The topological polar surface area (TPSA) is 0 Å². The summed E-state index contributed by atoms with van der Waals surface area (Å²) in [6.07, 6.45) is -4.09. The number of rotatable bonds is 1. The molecule has 0 spiro atoms. The predicted octanol–water partition coefficient (Wildman–Crippen LogP) is 3.08. The zero-order valence-corrected chi connectivity index (χ0v) is 6.36. The summed E-state index contributed by atoms with van der Waals surface area (Å²) in [5.41, 5.74) is -0.343. The average molecular weight is 173 g/mol. The molecule has 0 aliphatic carbocycles. The minimum Gasteiger partial charge on any atom is -0.166 e. The summed E-state index contributed by atoms with van der Waals surface area (Å²) in [7, 11) is 0. The molecular weight excluding hydrogens is 165 g/mol. The maximum atomic E-state index is 12.2. The smallest absolute Gasteiger partial charge is 0.166 e. The predicted molar refractivity (Wildman–Crippen MR) is 40.5 cm³/mol. The third-order valence-electron chi connectivity index (χ3n) is 1.59. The van der Waals surface area contributed by atoms with Gasteiger partial charge in [0.05, 0.1) is 5.56 Å². The normalized spacial score (nSPS) is 11.7. The Morgan fingerprint density at radius 2 is 1.75 bits per heavy atom. The molecule has 12 heavy (non-hydrogen) atoms. The molecule has 0 fully saturated rings. The number of benzene rings is 1. The Morgan fingerprint density at radius 3 is 2.17 bits per heavy atom. The lowest BCUT2D eigenvalue weighted by Gasteiger charge is -2.10. The van der Waals surface area contributed by atoms with Crippen molar-refractivity contribution in [1.29, 1.82) is 0 Å². The van der Waals surface area contributed by atoms with E-state index >= 15 is 0 Å². The molecule has 1 rings (SSSR count). The molecule has 0 unspecified atom stereocenters. The van der Waals surface area contributed by atoms with E-state index in [2.05, 4.69) is 6.92 Å². The molecule has 1 aromatic carbocycles. The highest BCUT2D eigenvalue weighted by molar-refractivity contribution is 5.29. The lowest BCUT2D eigenvalue weighted by Crippen LogP contribution is -2.08. The summed E-state index contributed by atoms with van der Waals surface area (Å²) >= 11 is 0. The molecule has 0 amide bonds. The van der Waals surface area contributed by atoms with E-state index in [1.165, 1.54) is 12.1 Å². The van der Waals surface area contributed by atoms with E-state index in [1.54, 1.807) is 6.07 Å². The molecule has 0 bridgehead atoms. The van der Waals surface area contributed by atoms with Crippen molar-refractivity contribution in [3.8, 4) is 0 Å². The number of hydrogen-bond donors (Lipinski definition) is 0. The van der Waals surface area contributed by atoms with Gasteiger partial charge in [-0.2, -0.15) is 13.2 Å². The van der Waals surface area contributed by atoms with E-state index in [9.17, 15) is 13.2 Å². The van der Waals surface area contributed by atoms with Crippen molar-refractivity contribution in [2.24, 2.45) is 0 Å². The highest BCUT2D eigenvalue weighted by Crippen LogP contribution is 2.31. The first-order valence-corrected chi connectivity index (χ1v) is 3.50. The van der Waals surface area contributed by atoms with E-state index in [-0.39, 0.29) is 12.0 Å². The van der Waals surface area contributed by atoms with Gasteiger partial charge in [-0.25, -0.2) is 0 Å². The minimum absolute atomic E-state index is 0.162. The molecule has 0 saturated carbocycles. The molecule has 1 aromatic rings. The van der Waals surface area contributed by atoms with Gasteiger partial charge in [0.2, 0.25) is 0 Å². The van der Waals surface area contributed by atoms with Gasteiger partial charge < -0.3 is 0 Å². The van der Waals surface area contributed by atoms with Crippen molar-refractivity contribution in [1.82, 2.24) is 0 Å². The fourth-order valence-electron chi connectivity index (χ4n) is 1.01. The molecule has 0 aliphatic rings. The summed E-state index contributed by atoms with van der Waals surface area (Å²) < 4.78 is 36.6. The maximum Gasteiger partial charge on any atom is 0.416 e. The van der Waals surface area contributed by atoms with Crippen molar-refractivity contribution in [2.75, 3.05) is 0 Å². The first kappa shape index (κ1) is 9.10. The van der Waals surface area contributed by atoms with Crippen molar-refractivity contribution in [2.45, 2.75) is 12.6 Å². The Bertz CT molecular complexity index is 263. The van der Waals surface area contributed by atoms with Crippen LogP contribution in [0, 0.1) is 6.92 Å². The summed E-state index contributed by atoms with van der Waals surface area (Å²) in [6, 6.07) is 5.47. The summed E-state index contributed by atoms with van der Waals surface area (Å²) in [5.74, 6) is 0. The lowest BCUT2D eigenvalue weighted by molar-refractivity contribution is -0.138. The van der Waals surface area contributed by atoms with E-state index in [0.29, 0.717) is 0 Å². The van der Waals surface area contributed by atoms with E-state index in [1.807, 2.05) is 0 Å². The van der Waals surface area contributed by atoms with Crippen molar-refractivity contribution < 1.29 is 13.2 Å². The zero-order chi connectivity index (χ0) is 9.19. The molecule has 0 saturated heterocycles. The van der Waals surface area contributed by atoms with Crippen molar-refractivity contribution in [3.05, 3.63) is 42.3 Å². The molecule has 0 aromatic heterocycles. The van der Waals surface area contributed by atoms with Gasteiger partial charge in [0.1, 0.15) is 0 Å². The largest absolute Gasteiger partial charge is 0.416 e. The van der Waals surface area contributed by atoms with E-state index < -0.39 is 11.7 Å². The van der Waals surface area contributed by atoms with Crippen LogP contribution in [0.25, 0.3) is 0 Å². The van der Waals surface area contributed by atoms with Gasteiger partial charge in [0.25, 0.3) is 0 Å². The average Bonchev–Trinajstić information content (AvgIpc) is 2.03. The molecule has 0 heterocycles. The Labute approximate surface area is 69.0 Å². The van der Waals surface area contributed by atoms with Crippen LogP contribution in [-0.2, 0) is 12.6 Å². The van der Waals surface area contributed by atoms with E-state index in [0.717, 1.165) is 6.07 Å². The van der Waals surface area contributed by atoms with Gasteiger partial charge in [0, 0.05) is 0 Å². The molecule has 65 valence electrons. The fraction of sp³-hybridized carbons (Fsp3) is 0.222. The van der Waals surface area contributed by atoms with Gasteiger partial charge in [-0.05, 0) is 25.0 Å². The molecule has 0 nitrogen and oxygen atoms in total. The monoisotopic (exact) mass is 173 g/mol. The standard InChI is InChI=1S/C9H8F3/c1-2-7-5-3-4-6-8(7)9(10,11)12/h3-6H,1-2H2. The lowest BCUT2D eigenvalue weighted by atomic mass is 10.1. The molecule has 0 aliphatic heterocycles. The van der Waals surface area contributed by atoms with Gasteiger partial charge in [-0.1, -0.05) is 18.2 Å². The van der Waals surface area contributed by atoms with E-state index in [4.69, 9.17) is 0 Å². The first-order chi connectivity index (χ1) is 5.55. The third kappa shape index (κ3) is 1.78. The van der Waals surface area contributed by atoms with Crippen LogP contribution in [0.1, 0.15) is 11.1 Å². The maximum absolute atomic E-state index is 12.2. The van der Waals surface area contributed by atoms with Gasteiger partial charge in [-0.3, -0.25) is 0 Å². The van der Waals surface area contributed by atoms with Crippen LogP contribution < -0.4 is 0 Å². The van der Waals surface area contributed by atoms with Crippen molar-refractivity contribution in [3.63, 3.8) is 0 Å². The van der Waals surface area contributed by atoms with Crippen molar-refractivity contribution >= 4 is 0 Å². The van der Waals surface area contributed by atoms with Crippen LogP contribution in [0.5, 0.6) is 0 Å².